The van der Waals surface area contributed by atoms with Gasteiger partial charge in [0.2, 0.25) is 0 Å². The Balaban J connectivity index is 2.37. The van der Waals surface area contributed by atoms with Crippen molar-refractivity contribution in [3.63, 3.8) is 0 Å². The van der Waals surface area contributed by atoms with E-state index in [4.69, 9.17) is 4.74 Å². The summed E-state index contributed by atoms with van der Waals surface area (Å²) in [5, 5.41) is 6.18. The SMILES string of the molecule is CN=C(NC)NCCc1ccc(OC)cc1. The molecule has 0 heterocycles. The number of hydrogen-bond donors (Lipinski definition) is 2. The minimum atomic E-state index is 0.813. The van der Waals surface area contributed by atoms with Gasteiger partial charge in [-0.25, -0.2) is 0 Å². The number of benzene rings is 1. The molecule has 2 N–H and O–H groups in total. The maximum absolute atomic E-state index is 5.10. The van der Waals surface area contributed by atoms with E-state index in [9.17, 15) is 0 Å². The standard InChI is InChI=1S/C12H19N3O/c1-13-12(14-2)15-9-8-10-4-6-11(16-3)7-5-10/h4-7H,8-9H2,1-3H3,(H2,13,14,15). The van der Waals surface area contributed by atoms with Gasteiger partial charge in [-0.1, -0.05) is 12.1 Å². The molecule has 0 bridgehead atoms. The van der Waals surface area contributed by atoms with Crippen LogP contribution in [0, 0.1) is 0 Å². The molecule has 0 aliphatic carbocycles. The summed E-state index contributed by atoms with van der Waals surface area (Å²) in [6, 6.07) is 8.09. The first-order chi connectivity index (χ1) is 7.80. The van der Waals surface area contributed by atoms with Gasteiger partial charge in [-0.15, -0.1) is 0 Å². The van der Waals surface area contributed by atoms with Crippen LogP contribution in [0.4, 0.5) is 0 Å². The molecule has 1 rings (SSSR count). The monoisotopic (exact) mass is 221 g/mol. The van der Waals surface area contributed by atoms with Gasteiger partial charge in [0.1, 0.15) is 5.75 Å². The van der Waals surface area contributed by atoms with Crippen molar-refractivity contribution < 1.29 is 4.74 Å². The predicted octanol–water partition coefficient (Wildman–Crippen LogP) is 1.03. The van der Waals surface area contributed by atoms with Crippen molar-refractivity contribution in [2.45, 2.75) is 6.42 Å². The Bertz CT molecular complexity index is 333. The van der Waals surface area contributed by atoms with Gasteiger partial charge in [0.25, 0.3) is 0 Å². The van der Waals surface area contributed by atoms with Crippen molar-refractivity contribution in [3.05, 3.63) is 29.8 Å². The lowest BCUT2D eigenvalue weighted by Crippen LogP contribution is -2.35. The van der Waals surface area contributed by atoms with Crippen LogP contribution in [0.5, 0.6) is 5.75 Å². The number of guanidine groups is 1. The fraction of sp³-hybridized carbons (Fsp3) is 0.417. The van der Waals surface area contributed by atoms with Gasteiger partial charge in [0, 0.05) is 20.6 Å². The molecule has 1 aromatic carbocycles. The van der Waals surface area contributed by atoms with Crippen LogP contribution < -0.4 is 15.4 Å². The molecule has 88 valence electrons. The van der Waals surface area contributed by atoms with E-state index in [0.717, 1.165) is 24.7 Å². The molecular formula is C12H19N3O. The van der Waals surface area contributed by atoms with E-state index in [1.165, 1.54) is 5.56 Å². The lowest BCUT2D eigenvalue weighted by molar-refractivity contribution is 0.414. The molecule has 4 nitrogen and oxygen atoms in total. The number of ether oxygens (including phenoxy) is 1. The number of nitrogens with one attached hydrogen (secondary N) is 2. The van der Waals surface area contributed by atoms with Crippen LogP contribution in [-0.2, 0) is 6.42 Å². The summed E-state index contributed by atoms with van der Waals surface area (Å²) in [5.41, 5.74) is 1.28. The van der Waals surface area contributed by atoms with Gasteiger partial charge in [0.15, 0.2) is 5.96 Å². The minimum Gasteiger partial charge on any atom is -0.497 e. The van der Waals surface area contributed by atoms with E-state index in [2.05, 4.69) is 27.8 Å². The molecule has 0 aromatic heterocycles. The number of aliphatic imine (C=N–C) groups is 1. The van der Waals surface area contributed by atoms with E-state index < -0.39 is 0 Å². The Labute approximate surface area is 96.7 Å². The van der Waals surface area contributed by atoms with Crippen LogP contribution in [0.15, 0.2) is 29.3 Å². The fourth-order valence-corrected chi connectivity index (χ4v) is 1.40. The minimum absolute atomic E-state index is 0.813. The summed E-state index contributed by atoms with van der Waals surface area (Å²) in [7, 11) is 5.28. The highest BCUT2D eigenvalue weighted by Crippen LogP contribution is 2.11. The molecule has 0 aliphatic rings. The zero-order chi connectivity index (χ0) is 11.8. The Hall–Kier alpha value is -1.71. The Kier molecular flexibility index (Phi) is 5.19. The second-order valence-electron chi connectivity index (χ2n) is 3.35. The molecular weight excluding hydrogens is 202 g/mol. The first kappa shape index (κ1) is 12.4. The van der Waals surface area contributed by atoms with Crippen molar-refractivity contribution in [1.29, 1.82) is 0 Å². The van der Waals surface area contributed by atoms with E-state index in [-0.39, 0.29) is 0 Å². The lowest BCUT2D eigenvalue weighted by atomic mass is 10.1. The van der Waals surface area contributed by atoms with Crippen LogP contribution in [0.3, 0.4) is 0 Å². The molecule has 16 heavy (non-hydrogen) atoms. The van der Waals surface area contributed by atoms with E-state index in [0.29, 0.717) is 0 Å². The van der Waals surface area contributed by atoms with Gasteiger partial charge in [-0.2, -0.15) is 0 Å². The van der Waals surface area contributed by atoms with Gasteiger partial charge in [0.05, 0.1) is 7.11 Å². The highest BCUT2D eigenvalue weighted by atomic mass is 16.5. The average molecular weight is 221 g/mol. The fourth-order valence-electron chi connectivity index (χ4n) is 1.40. The van der Waals surface area contributed by atoms with Crippen LogP contribution in [-0.4, -0.2) is 33.7 Å². The highest BCUT2D eigenvalue weighted by Gasteiger charge is 1.96. The van der Waals surface area contributed by atoms with Gasteiger partial charge in [-0.3, -0.25) is 4.99 Å². The van der Waals surface area contributed by atoms with Crippen molar-refractivity contribution >= 4 is 5.96 Å². The quantitative estimate of drug-likeness (QED) is 0.589. The summed E-state index contributed by atoms with van der Waals surface area (Å²) < 4.78 is 5.10. The molecule has 0 amide bonds. The first-order valence-electron chi connectivity index (χ1n) is 5.31. The Morgan fingerprint density at radius 3 is 2.50 bits per heavy atom. The average Bonchev–Trinajstić information content (AvgIpc) is 2.35. The molecule has 0 radical (unpaired) electrons. The van der Waals surface area contributed by atoms with Gasteiger partial charge < -0.3 is 15.4 Å². The van der Waals surface area contributed by atoms with E-state index in [1.54, 1.807) is 14.2 Å². The summed E-state index contributed by atoms with van der Waals surface area (Å²) in [6.45, 7) is 0.861. The van der Waals surface area contributed by atoms with Crippen molar-refractivity contribution in [2.75, 3.05) is 27.7 Å². The summed E-state index contributed by atoms with van der Waals surface area (Å²) >= 11 is 0. The summed E-state index contributed by atoms with van der Waals surface area (Å²) in [4.78, 5) is 4.04. The third-order valence-corrected chi connectivity index (χ3v) is 2.33. The molecule has 0 unspecified atom stereocenters. The number of nitrogens with zero attached hydrogens (tertiary/aromatic N) is 1. The van der Waals surface area contributed by atoms with Crippen molar-refractivity contribution in [1.82, 2.24) is 10.6 Å². The molecule has 0 aliphatic heterocycles. The third-order valence-electron chi connectivity index (χ3n) is 2.33. The van der Waals surface area contributed by atoms with Crippen LogP contribution >= 0.6 is 0 Å². The Morgan fingerprint density at radius 1 is 1.31 bits per heavy atom. The summed E-state index contributed by atoms with van der Waals surface area (Å²) in [6.07, 6.45) is 0.963. The number of methoxy groups -OCH3 is 1. The lowest BCUT2D eigenvalue weighted by Gasteiger charge is -2.08. The zero-order valence-electron chi connectivity index (χ0n) is 10.1. The molecule has 4 heteroatoms. The topological polar surface area (TPSA) is 45.7 Å². The molecule has 0 saturated carbocycles. The first-order valence-corrected chi connectivity index (χ1v) is 5.31. The van der Waals surface area contributed by atoms with Crippen molar-refractivity contribution in [2.24, 2.45) is 4.99 Å². The third kappa shape index (κ3) is 3.81. The smallest absolute Gasteiger partial charge is 0.190 e. The Morgan fingerprint density at radius 2 is 2.00 bits per heavy atom. The summed E-state index contributed by atoms with van der Waals surface area (Å²) in [5.74, 6) is 1.70. The van der Waals surface area contributed by atoms with Crippen molar-refractivity contribution in [3.8, 4) is 5.75 Å². The molecule has 1 aromatic rings. The normalized spacial score (nSPS) is 11.1. The predicted molar refractivity (Wildman–Crippen MR) is 67.1 cm³/mol. The maximum atomic E-state index is 5.10. The van der Waals surface area contributed by atoms with Crippen LogP contribution in [0.1, 0.15) is 5.56 Å². The number of hydrogen-bond acceptors (Lipinski definition) is 2. The number of rotatable bonds is 4. The second-order valence-corrected chi connectivity index (χ2v) is 3.35. The van der Waals surface area contributed by atoms with Gasteiger partial charge in [-0.05, 0) is 24.1 Å². The highest BCUT2D eigenvalue weighted by molar-refractivity contribution is 5.79. The molecule has 0 atom stereocenters. The maximum Gasteiger partial charge on any atom is 0.190 e. The van der Waals surface area contributed by atoms with E-state index in [1.807, 2.05) is 19.2 Å². The molecule has 0 saturated heterocycles. The van der Waals surface area contributed by atoms with E-state index >= 15 is 0 Å². The molecule has 0 fully saturated rings. The zero-order valence-corrected chi connectivity index (χ0v) is 10.1. The second kappa shape index (κ2) is 6.71. The van der Waals surface area contributed by atoms with Crippen LogP contribution in [0.25, 0.3) is 0 Å². The largest absolute Gasteiger partial charge is 0.497 e. The van der Waals surface area contributed by atoms with Gasteiger partial charge >= 0.3 is 0 Å². The van der Waals surface area contributed by atoms with Crippen LogP contribution in [0.2, 0.25) is 0 Å². The molecule has 0 spiro atoms.